The molecule has 0 saturated carbocycles. The first-order valence-electron chi connectivity index (χ1n) is 9.24. The summed E-state index contributed by atoms with van der Waals surface area (Å²) in [4.78, 5) is 10.9. The minimum atomic E-state index is -4.48. The summed E-state index contributed by atoms with van der Waals surface area (Å²) in [6, 6.07) is 10.0. The molecule has 0 saturated heterocycles. The predicted octanol–water partition coefficient (Wildman–Crippen LogP) is 5.26. The van der Waals surface area contributed by atoms with Gasteiger partial charge in [0.1, 0.15) is 17.4 Å². The lowest BCUT2D eigenvalue weighted by molar-refractivity contribution is -0.137. The number of hydrogen-bond acceptors (Lipinski definition) is 8. The molecule has 0 aliphatic heterocycles. The van der Waals surface area contributed by atoms with Crippen LogP contribution in [0.15, 0.2) is 53.7 Å². The van der Waals surface area contributed by atoms with E-state index in [4.69, 9.17) is 10.5 Å². The average Bonchev–Trinajstić information content (AvgIpc) is 3.21. The third kappa shape index (κ3) is 5.31. The number of rotatable bonds is 6. The van der Waals surface area contributed by atoms with Crippen molar-refractivity contribution in [3.8, 4) is 23.0 Å². The molecule has 4 N–H and O–H groups in total. The van der Waals surface area contributed by atoms with Gasteiger partial charge >= 0.3 is 6.18 Å². The lowest BCUT2D eigenvalue weighted by Crippen LogP contribution is -2.05. The normalized spacial score (nSPS) is 11.4. The minimum absolute atomic E-state index is 0.0464. The summed E-state index contributed by atoms with van der Waals surface area (Å²) >= 11 is 1.28. The number of halogens is 4. The summed E-state index contributed by atoms with van der Waals surface area (Å²) in [5.74, 6) is -0.00524. The van der Waals surface area contributed by atoms with E-state index in [0.717, 1.165) is 18.2 Å². The number of aromatic nitrogens is 5. The third-order valence-electron chi connectivity index (χ3n) is 4.24. The number of hydrogen-bond donors (Lipinski definition) is 3. The molecule has 170 valence electrons. The molecule has 2 aromatic carbocycles. The van der Waals surface area contributed by atoms with Crippen molar-refractivity contribution in [3.63, 3.8) is 0 Å². The molecular formula is C20H15F4N7OS. The molecule has 8 nitrogen and oxygen atoms in total. The number of nitrogens with zero attached hydrogens (tertiary/aromatic N) is 4. The fourth-order valence-electron chi connectivity index (χ4n) is 2.79. The van der Waals surface area contributed by atoms with Gasteiger partial charge in [-0.2, -0.15) is 18.2 Å². The highest BCUT2D eigenvalue weighted by Crippen LogP contribution is 2.32. The number of thioether (sulfide) groups is 1. The summed E-state index contributed by atoms with van der Waals surface area (Å²) in [5, 5.41) is 10.8. The van der Waals surface area contributed by atoms with Gasteiger partial charge in [-0.05, 0) is 36.6 Å². The summed E-state index contributed by atoms with van der Waals surface area (Å²) in [6.07, 6.45) is -2.70. The van der Waals surface area contributed by atoms with Crippen LogP contribution in [0.2, 0.25) is 0 Å². The van der Waals surface area contributed by atoms with E-state index in [1.165, 1.54) is 42.1 Å². The lowest BCUT2D eigenvalue weighted by Gasteiger charge is -2.09. The van der Waals surface area contributed by atoms with Gasteiger partial charge in [0.05, 0.1) is 11.1 Å². The number of benzene rings is 2. The molecule has 0 aliphatic carbocycles. The third-order valence-corrected chi connectivity index (χ3v) is 4.79. The number of H-pyrrole nitrogens is 1. The second kappa shape index (κ2) is 8.94. The average molecular weight is 477 g/mol. The predicted molar refractivity (Wildman–Crippen MR) is 115 cm³/mol. The molecule has 4 rings (SSSR count). The smallest absolute Gasteiger partial charge is 0.416 e. The van der Waals surface area contributed by atoms with Crippen molar-refractivity contribution in [1.82, 2.24) is 25.1 Å². The monoisotopic (exact) mass is 477 g/mol. The summed E-state index contributed by atoms with van der Waals surface area (Å²) in [7, 11) is 0. The van der Waals surface area contributed by atoms with Gasteiger partial charge in [-0.25, -0.2) is 9.37 Å². The van der Waals surface area contributed by atoms with Crippen LogP contribution < -0.4 is 15.8 Å². The maximum absolute atomic E-state index is 14.7. The second-order valence-electron chi connectivity index (χ2n) is 6.59. The van der Waals surface area contributed by atoms with Crippen molar-refractivity contribution in [3.05, 3.63) is 59.9 Å². The van der Waals surface area contributed by atoms with E-state index in [1.54, 1.807) is 6.26 Å². The molecule has 4 aromatic rings. The second-order valence-corrected chi connectivity index (χ2v) is 7.36. The maximum atomic E-state index is 14.7. The van der Waals surface area contributed by atoms with Crippen molar-refractivity contribution in [2.24, 2.45) is 0 Å². The lowest BCUT2D eigenvalue weighted by atomic mass is 10.2. The Morgan fingerprint density at radius 1 is 1.06 bits per heavy atom. The molecule has 0 fully saturated rings. The molecule has 33 heavy (non-hydrogen) atoms. The van der Waals surface area contributed by atoms with Crippen LogP contribution in [-0.2, 0) is 6.18 Å². The van der Waals surface area contributed by atoms with Gasteiger partial charge in [0.25, 0.3) is 0 Å². The Labute approximate surface area is 188 Å². The highest BCUT2D eigenvalue weighted by atomic mass is 32.2. The van der Waals surface area contributed by atoms with Crippen molar-refractivity contribution in [2.45, 2.75) is 11.3 Å². The number of ether oxygens (including phenoxy) is 1. The maximum Gasteiger partial charge on any atom is 0.416 e. The van der Waals surface area contributed by atoms with Crippen LogP contribution in [0.3, 0.4) is 0 Å². The number of nitrogen functional groups attached to an aromatic ring is 1. The minimum Gasteiger partial charge on any atom is -0.439 e. The van der Waals surface area contributed by atoms with Crippen molar-refractivity contribution in [2.75, 3.05) is 17.3 Å². The molecule has 2 aromatic heterocycles. The van der Waals surface area contributed by atoms with Crippen LogP contribution in [0.1, 0.15) is 5.56 Å². The van der Waals surface area contributed by atoms with Crippen LogP contribution in [0.25, 0.3) is 11.4 Å². The summed E-state index contributed by atoms with van der Waals surface area (Å²) in [6.45, 7) is 0. The topological polar surface area (TPSA) is 115 Å². The number of aromatic amines is 1. The summed E-state index contributed by atoms with van der Waals surface area (Å²) < 4.78 is 58.9. The van der Waals surface area contributed by atoms with Crippen LogP contribution in [0, 0.1) is 5.82 Å². The molecule has 0 aliphatic rings. The van der Waals surface area contributed by atoms with E-state index in [-0.39, 0.29) is 40.5 Å². The van der Waals surface area contributed by atoms with Gasteiger partial charge in [0.2, 0.25) is 11.8 Å². The Hall–Kier alpha value is -3.87. The molecule has 0 spiro atoms. The van der Waals surface area contributed by atoms with E-state index < -0.39 is 17.6 Å². The quantitative estimate of drug-likeness (QED) is 0.196. The Morgan fingerprint density at radius 2 is 1.88 bits per heavy atom. The zero-order valence-corrected chi connectivity index (χ0v) is 17.6. The Morgan fingerprint density at radius 3 is 2.61 bits per heavy atom. The highest BCUT2D eigenvalue weighted by Gasteiger charge is 2.30. The molecule has 2 heterocycles. The molecule has 13 heteroatoms. The standard InChI is InChI=1S/C20H15F4N7OS/c1-33-19-27-15(25)9-16(28-19)32-12-5-6-13(14(21)8-12)17-29-18(31-30-17)26-11-4-2-3-10(7-11)20(22,23)24/h2-9H,1H3,(H2,25,27,28)(H2,26,29,30,31). The van der Waals surface area contributed by atoms with Gasteiger partial charge < -0.3 is 20.8 Å². The number of nitrogens with one attached hydrogen (secondary N) is 2. The fourth-order valence-corrected chi connectivity index (χ4v) is 3.16. The van der Waals surface area contributed by atoms with E-state index in [1.807, 2.05) is 0 Å². The van der Waals surface area contributed by atoms with Crippen molar-refractivity contribution in [1.29, 1.82) is 0 Å². The van der Waals surface area contributed by atoms with E-state index in [2.05, 4.69) is 30.5 Å². The molecule has 0 amide bonds. The van der Waals surface area contributed by atoms with E-state index in [9.17, 15) is 17.6 Å². The van der Waals surface area contributed by atoms with E-state index >= 15 is 0 Å². The van der Waals surface area contributed by atoms with E-state index in [0.29, 0.717) is 5.16 Å². The van der Waals surface area contributed by atoms with Crippen molar-refractivity contribution < 1.29 is 22.3 Å². The van der Waals surface area contributed by atoms with Gasteiger partial charge in [-0.15, -0.1) is 10.2 Å². The fraction of sp³-hybridized carbons (Fsp3) is 0.100. The zero-order chi connectivity index (χ0) is 23.6. The largest absolute Gasteiger partial charge is 0.439 e. The Kier molecular flexibility index (Phi) is 6.05. The molecular weight excluding hydrogens is 462 g/mol. The van der Waals surface area contributed by atoms with Crippen LogP contribution in [-0.4, -0.2) is 31.4 Å². The van der Waals surface area contributed by atoms with Crippen LogP contribution >= 0.6 is 11.8 Å². The SMILES string of the molecule is CSc1nc(N)cc(Oc2ccc(-c3nnc(Nc4cccc(C(F)(F)F)c4)[nH]3)c(F)c2)n1. The van der Waals surface area contributed by atoms with Gasteiger partial charge in [-0.3, -0.25) is 0 Å². The Balaban J connectivity index is 1.51. The van der Waals surface area contributed by atoms with Crippen LogP contribution in [0.5, 0.6) is 11.6 Å². The first-order valence-corrected chi connectivity index (χ1v) is 10.5. The number of nitrogens with two attached hydrogens (primary N) is 1. The first-order chi connectivity index (χ1) is 15.7. The van der Waals surface area contributed by atoms with Crippen LogP contribution in [0.4, 0.5) is 35.0 Å². The molecule has 0 unspecified atom stereocenters. The summed E-state index contributed by atoms with van der Waals surface area (Å²) in [5.41, 5.74) is 5.12. The number of anilines is 3. The highest BCUT2D eigenvalue weighted by molar-refractivity contribution is 7.98. The molecule has 0 radical (unpaired) electrons. The van der Waals surface area contributed by atoms with Gasteiger partial charge in [0.15, 0.2) is 11.0 Å². The Bertz CT molecular complexity index is 1300. The first kappa shape index (κ1) is 22.3. The number of alkyl halides is 3. The molecule has 0 bridgehead atoms. The molecule has 0 atom stereocenters. The van der Waals surface area contributed by atoms with Gasteiger partial charge in [-0.1, -0.05) is 17.8 Å². The zero-order valence-electron chi connectivity index (χ0n) is 16.8. The van der Waals surface area contributed by atoms with Crippen molar-refractivity contribution >= 4 is 29.2 Å². The van der Waals surface area contributed by atoms with Gasteiger partial charge in [0, 0.05) is 17.8 Å².